The van der Waals surface area contributed by atoms with Crippen LogP contribution >= 0.6 is 0 Å². The summed E-state index contributed by atoms with van der Waals surface area (Å²) in [5.74, 6) is 0.172. The smallest absolute Gasteiger partial charge is 0.330 e. The van der Waals surface area contributed by atoms with Crippen LogP contribution in [0.1, 0.15) is 32.6 Å². The summed E-state index contributed by atoms with van der Waals surface area (Å²) in [7, 11) is 0. The first-order chi connectivity index (χ1) is 9.11. The number of aromatic nitrogens is 2. The molecule has 0 unspecified atom stereocenters. The molecule has 19 heavy (non-hydrogen) atoms. The molecular weight excluding hydrogens is 248 g/mol. The highest BCUT2D eigenvalue weighted by molar-refractivity contribution is 5.60. The molecule has 0 saturated carbocycles. The maximum Gasteiger partial charge on any atom is 0.330 e. The van der Waals surface area contributed by atoms with Crippen molar-refractivity contribution in [3.8, 4) is 0 Å². The van der Waals surface area contributed by atoms with E-state index in [0.717, 1.165) is 19.3 Å². The largest absolute Gasteiger partial charge is 0.396 e. The number of hydrogen-bond acceptors (Lipinski definition) is 5. The molecule has 0 aliphatic heterocycles. The van der Waals surface area contributed by atoms with Crippen LogP contribution in [0.2, 0.25) is 0 Å². The van der Waals surface area contributed by atoms with Gasteiger partial charge in [-0.2, -0.15) is 0 Å². The van der Waals surface area contributed by atoms with Crippen molar-refractivity contribution >= 4 is 11.5 Å². The van der Waals surface area contributed by atoms with Crippen LogP contribution in [0.25, 0.3) is 0 Å². The number of nitrogens with one attached hydrogen (secondary N) is 2. The molecule has 7 heteroatoms. The number of aliphatic hydroxyl groups excluding tert-OH is 1. The standard InChI is InChI=1S/C12H22N4O3/c1-2-3-7-16-10(13)9(11(18)15-12(16)19)14-6-4-5-8-17/h14,17H,2-8,13H2,1H3,(H,15,18,19). The number of hydrogen-bond donors (Lipinski definition) is 4. The van der Waals surface area contributed by atoms with Crippen molar-refractivity contribution in [2.45, 2.75) is 39.2 Å². The minimum Gasteiger partial charge on any atom is -0.396 e. The molecule has 1 aromatic heterocycles. The Balaban J connectivity index is 2.90. The molecule has 0 aromatic carbocycles. The Morgan fingerprint density at radius 1 is 1.32 bits per heavy atom. The molecule has 0 saturated heterocycles. The average Bonchev–Trinajstić information content (AvgIpc) is 2.37. The van der Waals surface area contributed by atoms with Crippen LogP contribution in [-0.4, -0.2) is 27.8 Å². The lowest BCUT2D eigenvalue weighted by Gasteiger charge is -2.13. The highest BCUT2D eigenvalue weighted by Gasteiger charge is 2.11. The molecule has 0 bridgehead atoms. The number of unbranched alkanes of at least 4 members (excludes halogenated alkanes) is 2. The first kappa shape index (κ1) is 15.3. The molecule has 0 atom stereocenters. The summed E-state index contributed by atoms with van der Waals surface area (Å²) in [5, 5.41) is 11.6. The second kappa shape index (κ2) is 7.63. The Hall–Kier alpha value is -1.76. The zero-order valence-corrected chi connectivity index (χ0v) is 11.2. The summed E-state index contributed by atoms with van der Waals surface area (Å²) in [6.45, 7) is 3.15. The lowest BCUT2D eigenvalue weighted by Crippen LogP contribution is -2.34. The maximum atomic E-state index is 11.7. The number of aliphatic hydroxyl groups is 1. The van der Waals surface area contributed by atoms with E-state index in [9.17, 15) is 9.59 Å². The van der Waals surface area contributed by atoms with E-state index in [1.807, 2.05) is 6.92 Å². The number of rotatable bonds is 8. The van der Waals surface area contributed by atoms with Gasteiger partial charge in [0, 0.05) is 19.7 Å². The fourth-order valence-corrected chi connectivity index (χ4v) is 1.75. The van der Waals surface area contributed by atoms with Crippen molar-refractivity contribution in [3.05, 3.63) is 20.8 Å². The third kappa shape index (κ3) is 4.13. The van der Waals surface area contributed by atoms with Gasteiger partial charge in [0.05, 0.1) is 0 Å². The number of nitrogens with two attached hydrogens (primary N) is 1. The van der Waals surface area contributed by atoms with Crippen molar-refractivity contribution in [2.24, 2.45) is 0 Å². The lowest BCUT2D eigenvalue weighted by atomic mass is 10.3. The van der Waals surface area contributed by atoms with Gasteiger partial charge in [-0.3, -0.25) is 14.3 Å². The molecule has 5 N–H and O–H groups in total. The van der Waals surface area contributed by atoms with Crippen molar-refractivity contribution in [2.75, 3.05) is 24.2 Å². The van der Waals surface area contributed by atoms with E-state index in [0.29, 0.717) is 19.5 Å². The van der Waals surface area contributed by atoms with Crippen LogP contribution in [0.15, 0.2) is 9.59 Å². The monoisotopic (exact) mass is 270 g/mol. The van der Waals surface area contributed by atoms with E-state index >= 15 is 0 Å². The first-order valence-corrected chi connectivity index (χ1v) is 6.59. The molecule has 0 radical (unpaired) electrons. The number of nitrogen functional groups attached to an aromatic ring is 1. The Morgan fingerprint density at radius 2 is 2.05 bits per heavy atom. The fraction of sp³-hybridized carbons (Fsp3) is 0.667. The molecule has 108 valence electrons. The van der Waals surface area contributed by atoms with Gasteiger partial charge in [-0.1, -0.05) is 13.3 Å². The van der Waals surface area contributed by atoms with Crippen molar-refractivity contribution in [1.82, 2.24) is 9.55 Å². The summed E-state index contributed by atoms with van der Waals surface area (Å²) in [6, 6.07) is 0. The lowest BCUT2D eigenvalue weighted by molar-refractivity contribution is 0.286. The predicted molar refractivity (Wildman–Crippen MR) is 75.5 cm³/mol. The molecule has 1 aromatic rings. The molecule has 1 rings (SSSR count). The summed E-state index contributed by atoms with van der Waals surface area (Å²) in [6.07, 6.45) is 3.13. The number of nitrogens with zero attached hydrogens (tertiary/aromatic N) is 1. The highest BCUT2D eigenvalue weighted by atomic mass is 16.3. The van der Waals surface area contributed by atoms with E-state index in [2.05, 4.69) is 10.3 Å². The minimum absolute atomic E-state index is 0.115. The minimum atomic E-state index is -0.501. The summed E-state index contributed by atoms with van der Waals surface area (Å²) >= 11 is 0. The number of anilines is 2. The van der Waals surface area contributed by atoms with Crippen LogP contribution in [0.5, 0.6) is 0 Å². The van der Waals surface area contributed by atoms with Gasteiger partial charge in [0.25, 0.3) is 5.56 Å². The molecular formula is C12H22N4O3. The van der Waals surface area contributed by atoms with Crippen LogP contribution in [0.4, 0.5) is 11.5 Å². The van der Waals surface area contributed by atoms with Crippen molar-refractivity contribution in [1.29, 1.82) is 0 Å². The van der Waals surface area contributed by atoms with Crippen LogP contribution in [0.3, 0.4) is 0 Å². The van der Waals surface area contributed by atoms with Gasteiger partial charge < -0.3 is 16.2 Å². The number of aromatic amines is 1. The van der Waals surface area contributed by atoms with E-state index < -0.39 is 11.2 Å². The third-order valence-electron chi connectivity index (χ3n) is 2.86. The van der Waals surface area contributed by atoms with Crippen LogP contribution in [-0.2, 0) is 6.54 Å². The van der Waals surface area contributed by atoms with E-state index in [1.165, 1.54) is 4.57 Å². The summed E-state index contributed by atoms with van der Waals surface area (Å²) in [5.41, 5.74) is 5.13. The molecule has 0 aliphatic carbocycles. The summed E-state index contributed by atoms with van der Waals surface area (Å²) < 4.78 is 1.37. The third-order valence-corrected chi connectivity index (χ3v) is 2.86. The molecule has 1 heterocycles. The molecule has 0 amide bonds. The first-order valence-electron chi connectivity index (χ1n) is 6.59. The molecule has 0 spiro atoms. The van der Waals surface area contributed by atoms with Gasteiger partial charge in [0.2, 0.25) is 0 Å². The van der Waals surface area contributed by atoms with Gasteiger partial charge >= 0.3 is 5.69 Å². The van der Waals surface area contributed by atoms with Gasteiger partial charge in [0.15, 0.2) is 0 Å². The van der Waals surface area contributed by atoms with Crippen LogP contribution in [0, 0.1) is 0 Å². The zero-order valence-electron chi connectivity index (χ0n) is 11.2. The highest BCUT2D eigenvalue weighted by Crippen LogP contribution is 2.10. The van der Waals surface area contributed by atoms with Gasteiger partial charge in [-0.15, -0.1) is 0 Å². The van der Waals surface area contributed by atoms with Crippen molar-refractivity contribution in [3.63, 3.8) is 0 Å². The normalized spacial score (nSPS) is 10.6. The Labute approximate surface area is 111 Å². The maximum absolute atomic E-state index is 11.7. The van der Waals surface area contributed by atoms with E-state index in [1.54, 1.807) is 0 Å². The van der Waals surface area contributed by atoms with Crippen molar-refractivity contribution < 1.29 is 5.11 Å². The molecule has 0 fully saturated rings. The van der Waals surface area contributed by atoms with Gasteiger partial charge in [0.1, 0.15) is 11.5 Å². The van der Waals surface area contributed by atoms with Gasteiger partial charge in [-0.25, -0.2) is 4.79 Å². The van der Waals surface area contributed by atoms with E-state index in [-0.39, 0.29) is 18.1 Å². The molecule has 0 aliphatic rings. The SMILES string of the molecule is CCCCn1c(N)c(NCCCCO)c(=O)[nH]c1=O. The fourth-order valence-electron chi connectivity index (χ4n) is 1.75. The Bertz CT molecular complexity index is 507. The van der Waals surface area contributed by atoms with Gasteiger partial charge in [-0.05, 0) is 19.3 Å². The second-order valence-electron chi connectivity index (χ2n) is 4.38. The Kier molecular flexibility index (Phi) is 6.14. The average molecular weight is 270 g/mol. The predicted octanol–water partition coefficient (Wildman–Crippen LogP) is 0.103. The second-order valence-corrected chi connectivity index (χ2v) is 4.38. The van der Waals surface area contributed by atoms with E-state index in [4.69, 9.17) is 10.8 Å². The molecule has 7 nitrogen and oxygen atoms in total. The van der Waals surface area contributed by atoms with Crippen LogP contribution < -0.4 is 22.3 Å². The Morgan fingerprint density at radius 3 is 2.68 bits per heavy atom. The topological polar surface area (TPSA) is 113 Å². The summed E-state index contributed by atoms with van der Waals surface area (Å²) in [4.78, 5) is 25.6. The zero-order chi connectivity index (χ0) is 14.3. The quantitative estimate of drug-likeness (QED) is 0.500. The number of H-pyrrole nitrogens is 1.